The standard InChI is InChI=1S/C6H8F2/c1-4-6(7,8)5(2)3/h4H,1-2H2,3H3. The van der Waals surface area contributed by atoms with Crippen LogP contribution in [0.3, 0.4) is 0 Å². The van der Waals surface area contributed by atoms with Crippen molar-refractivity contribution in [2.75, 3.05) is 0 Å². The van der Waals surface area contributed by atoms with Gasteiger partial charge in [0.15, 0.2) is 0 Å². The van der Waals surface area contributed by atoms with Crippen molar-refractivity contribution in [3.8, 4) is 0 Å². The SMILES string of the molecule is C=CC(F)(F)C(=C)C. The van der Waals surface area contributed by atoms with Crippen LogP contribution in [0.1, 0.15) is 6.92 Å². The van der Waals surface area contributed by atoms with E-state index in [0.29, 0.717) is 6.08 Å². The van der Waals surface area contributed by atoms with Crippen molar-refractivity contribution in [3.63, 3.8) is 0 Å². The van der Waals surface area contributed by atoms with Crippen LogP contribution in [-0.4, -0.2) is 5.92 Å². The summed E-state index contributed by atoms with van der Waals surface area (Å²) < 4.78 is 24.1. The van der Waals surface area contributed by atoms with Gasteiger partial charge in [0.25, 0.3) is 5.92 Å². The summed E-state index contributed by atoms with van der Waals surface area (Å²) in [5.74, 6) is -2.89. The molecule has 0 aliphatic heterocycles. The van der Waals surface area contributed by atoms with E-state index >= 15 is 0 Å². The normalized spacial score (nSPS) is 10.9. The molecule has 0 nitrogen and oxygen atoms in total. The molecule has 0 rings (SSSR count). The first kappa shape index (κ1) is 7.34. The predicted octanol–water partition coefficient (Wildman–Crippen LogP) is 2.38. The Labute approximate surface area is 47.5 Å². The molecule has 0 aliphatic rings. The second-order valence-electron chi connectivity index (χ2n) is 1.61. The number of allylic oxidation sites excluding steroid dienone is 2. The van der Waals surface area contributed by atoms with Gasteiger partial charge in [-0.1, -0.05) is 13.2 Å². The average Bonchev–Trinajstić information content (AvgIpc) is 1.67. The van der Waals surface area contributed by atoms with Gasteiger partial charge < -0.3 is 0 Å². The fourth-order valence-electron chi connectivity index (χ4n) is 0.174. The van der Waals surface area contributed by atoms with Crippen LogP contribution in [0.2, 0.25) is 0 Å². The van der Waals surface area contributed by atoms with Gasteiger partial charge in [-0.15, -0.1) is 0 Å². The predicted molar refractivity (Wildman–Crippen MR) is 30.0 cm³/mol. The second-order valence-corrected chi connectivity index (χ2v) is 1.61. The Morgan fingerprint density at radius 1 is 1.62 bits per heavy atom. The molecule has 0 amide bonds. The molecule has 0 saturated heterocycles. The highest BCUT2D eigenvalue weighted by atomic mass is 19.3. The zero-order valence-electron chi connectivity index (χ0n) is 4.75. The van der Waals surface area contributed by atoms with Gasteiger partial charge in [0.05, 0.1) is 0 Å². The van der Waals surface area contributed by atoms with E-state index in [9.17, 15) is 8.78 Å². The Hall–Kier alpha value is -0.660. The summed E-state index contributed by atoms with van der Waals surface area (Å²) in [7, 11) is 0. The van der Waals surface area contributed by atoms with E-state index in [2.05, 4.69) is 13.2 Å². The highest BCUT2D eigenvalue weighted by Gasteiger charge is 2.23. The zero-order chi connectivity index (χ0) is 6.78. The summed E-state index contributed by atoms with van der Waals surface area (Å²) in [6, 6.07) is 0. The van der Waals surface area contributed by atoms with Gasteiger partial charge in [0, 0.05) is 0 Å². The molecule has 0 heterocycles. The highest BCUT2D eigenvalue weighted by molar-refractivity contribution is 5.12. The molecule has 0 fully saturated rings. The molecule has 0 bridgehead atoms. The number of halogens is 2. The lowest BCUT2D eigenvalue weighted by atomic mass is 10.2. The molecule has 0 radical (unpaired) electrons. The summed E-state index contributed by atoms with van der Waals surface area (Å²) in [5, 5.41) is 0. The fraction of sp³-hybridized carbons (Fsp3) is 0.333. The van der Waals surface area contributed by atoms with Crippen molar-refractivity contribution in [1.29, 1.82) is 0 Å². The Balaban J connectivity index is 4.12. The summed E-state index contributed by atoms with van der Waals surface area (Å²) in [6.07, 6.45) is 0.579. The minimum atomic E-state index is -2.89. The van der Waals surface area contributed by atoms with Gasteiger partial charge in [-0.25, -0.2) is 0 Å². The third kappa shape index (κ3) is 1.45. The molecule has 8 heavy (non-hydrogen) atoms. The van der Waals surface area contributed by atoms with Crippen molar-refractivity contribution in [1.82, 2.24) is 0 Å². The summed E-state index contributed by atoms with van der Waals surface area (Å²) in [6.45, 7) is 7.28. The topological polar surface area (TPSA) is 0 Å². The largest absolute Gasteiger partial charge is 0.286 e. The maximum absolute atomic E-state index is 12.1. The second kappa shape index (κ2) is 2.07. The first-order valence-corrected chi connectivity index (χ1v) is 2.18. The molecule has 0 atom stereocenters. The minimum absolute atomic E-state index is 0.174. The van der Waals surface area contributed by atoms with E-state index in [0.717, 1.165) is 0 Å². The summed E-state index contributed by atoms with van der Waals surface area (Å²) >= 11 is 0. The summed E-state index contributed by atoms with van der Waals surface area (Å²) in [4.78, 5) is 0. The molecule has 0 aliphatic carbocycles. The van der Waals surface area contributed by atoms with Crippen molar-refractivity contribution in [3.05, 3.63) is 24.8 Å². The molecule has 0 spiro atoms. The maximum atomic E-state index is 12.1. The van der Waals surface area contributed by atoms with Gasteiger partial charge in [-0.2, -0.15) is 8.78 Å². The number of rotatable bonds is 2. The van der Waals surface area contributed by atoms with Crippen molar-refractivity contribution in [2.45, 2.75) is 12.8 Å². The lowest BCUT2D eigenvalue weighted by molar-refractivity contribution is 0.0981. The molecular formula is C6H8F2. The first-order chi connectivity index (χ1) is 3.50. The molecule has 0 N–H and O–H groups in total. The van der Waals surface area contributed by atoms with Gasteiger partial charge >= 0.3 is 0 Å². The van der Waals surface area contributed by atoms with Crippen LogP contribution >= 0.6 is 0 Å². The van der Waals surface area contributed by atoms with E-state index in [4.69, 9.17) is 0 Å². The van der Waals surface area contributed by atoms with Crippen LogP contribution < -0.4 is 0 Å². The molecular weight excluding hydrogens is 110 g/mol. The fourth-order valence-corrected chi connectivity index (χ4v) is 0.174. The van der Waals surface area contributed by atoms with Gasteiger partial charge in [-0.05, 0) is 18.6 Å². The van der Waals surface area contributed by atoms with E-state index in [1.807, 2.05) is 0 Å². The van der Waals surface area contributed by atoms with Crippen LogP contribution in [0.15, 0.2) is 24.8 Å². The summed E-state index contributed by atoms with van der Waals surface area (Å²) in [5.41, 5.74) is -0.174. The molecule has 0 aromatic carbocycles. The van der Waals surface area contributed by atoms with Crippen LogP contribution in [0.4, 0.5) is 8.78 Å². The first-order valence-electron chi connectivity index (χ1n) is 2.18. The number of hydrogen-bond donors (Lipinski definition) is 0. The third-order valence-electron chi connectivity index (χ3n) is 0.825. The molecule has 46 valence electrons. The van der Waals surface area contributed by atoms with E-state index in [-0.39, 0.29) is 5.57 Å². The van der Waals surface area contributed by atoms with E-state index < -0.39 is 5.92 Å². The molecule has 0 aromatic rings. The maximum Gasteiger partial charge on any atom is 0.286 e. The Kier molecular flexibility index (Phi) is 1.90. The van der Waals surface area contributed by atoms with Crippen molar-refractivity contribution >= 4 is 0 Å². The van der Waals surface area contributed by atoms with Crippen LogP contribution in [0.5, 0.6) is 0 Å². The molecule has 0 saturated carbocycles. The molecule has 0 unspecified atom stereocenters. The van der Waals surface area contributed by atoms with Gasteiger partial charge in [0.1, 0.15) is 0 Å². The van der Waals surface area contributed by atoms with E-state index in [1.54, 1.807) is 0 Å². The lowest BCUT2D eigenvalue weighted by Gasteiger charge is -2.08. The lowest BCUT2D eigenvalue weighted by Crippen LogP contribution is -2.11. The van der Waals surface area contributed by atoms with Gasteiger partial charge in [0.2, 0.25) is 0 Å². The third-order valence-corrected chi connectivity index (χ3v) is 0.825. The smallest absolute Gasteiger partial charge is 0.197 e. The quantitative estimate of drug-likeness (QED) is 0.488. The van der Waals surface area contributed by atoms with Crippen molar-refractivity contribution < 1.29 is 8.78 Å². The zero-order valence-corrected chi connectivity index (χ0v) is 4.75. The van der Waals surface area contributed by atoms with Crippen molar-refractivity contribution in [2.24, 2.45) is 0 Å². The monoisotopic (exact) mass is 118 g/mol. The highest BCUT2D eigenvalue weighted by Crippen LogP contribution is 2.22. The minimum Gasteiger partial charge on any atom is -0.197 e. The Bertz CT molecular complexity index is 114. The van der Waals surface area contributed by atoms with Crippen LogP contribution in [-0.2, 0) is 0 Å². The number of alkyl halides is 2. The number of hydrogen-bond acceptors (Lipinski definition) is 0. The Morgan fingerprint density at radius 3 is 2.00 bits per heavy atom. The van der Waals surface area contributed by atoms with Crippen LogP contribution in [0, 0.1) is 0 Å². The molecule has 0 aromatic heterocycles. The van der Waals surface area contributed by atoms with Crippen LogP contribution in [0.25, 0.3) is 0 Å². The van der Waals surface area contributed by atoms with Gasteiger partial charge in [-0.3, -0.25) is 0 Å². The molecule has 2 heteroatoms. The Morgan fingerprint density at radius 2 is 2.00 bits per heavy atom. The van der Waals surface area contributed by atoms with E-state index in [1.165, 1.54) is 6.92 Å². The average molecular weight is 118 g/mol.